The number of benzene rings is 1. The minimum atomic E-state index is 0.0162. The maximum atomic E-state index is 13.1. The van der Waals surface area contributed by atoms with Crippen molar-refractivity contribution >= 4 is 17.5 Å². The number of rotatable bonds is 4. The third-order valence-corrected chi connectivity index (χ3v) is 6.69. The lowest BCUT2D eigenvalue weighted by molar-refractivity contribution is -0.133. The monoisotopic (exact) mass is 409 g/mol. The molecule has 1 fully saturated rings. The molecule has 150 valence electrons. The van der Waals surface area contributed by atoms with Crippen molar-refractivity contribution in [2.75, 3.05) is 6.54 Å². The number of amides is 1. The highest BCUT2D eigenvalue weighted by Gasteiger charge is 2.37. The van der Waals surface area contributed by atoms with E-state index in [1.807, 2.05) is 31.7 Å². The standard InChI is InChI=1S/C22H24ClN5O/c1-27-13-18(12-25-27)14-2-3-15(20(23)10-14)8-16-6-7-28(22(16)29)19-4-5-21-17(9-19)11-24-26-21/h2-3,10-13,16,19H,4-9H2,1H3,(H,24,26). The van der Waals surface area contributed by atoms with E-state index in [-0.39, 0.29) is 11.8 Å². The summed E-state index contributed by atoms with van der Waals surface area (Å²) in [5.41, 5.74) is 5.61. The van der Waals surface area contributed by atoms with Gasteiger partial charge in [-0.15, -0.1) is 0 Å². The third kappa shape index (κ3) is 3.46. The van der Waals surface area contributed by atoms with Crippen molar-refractivity contribution in [3.05, 3.63) is 58.6 Å². The molecule has 2 aromatic heterocycles. The Hall–Kier alpha value is -2.60. The maximum absolute atomic E-state index is 13.1. The first-order valence-corrected chi connectivity index (χ1v) is 10.6. The van der Waals surface area contributed by atoms with Crippen LogP contribution in [0.25, 0.3) is 11.1 Å². The normalized spacial score (nSPS) is 21.6. The smallest absolute Gasteiger partial charge is 0.226 e. The Morgan fingerprint density at radius 1 is 1.24 bits per heavy atom. The molecule has 1 N–H and O–H groups in total. The summed E-state index contributed by atoms with van der Waals surface area (Å²) in [6, 6.07) is 6.39. The fraction of sp³-hybridized carbons (Fsp3) is 0.409. The van der Waals surface area contributed by atoms with Crippen molar-refractivity contribution in [2.24, 2.45) is 13.0 Å². The summed E-state index contributed by atoms with van der Waals surface area (Å²) in [6.45, 7) is 0.840. The van der Waals surface area contributed by atoms with Gasteiger partial charge in [0, 0.05) is 48.0 Å². The van der Waals surface area contributed by atoms with E-state index in [1.54, 1.807) is 4.68 Å². The topological polar surface area (TPSA) is 66.8 Å². The molecule has 1 saturated heterocycles. The van der Waals surface area contributed by atoms with Gasteiger partial charge in [0.15, 0.2) is 0 Å². The molecule has 7 heteroatoms. The molecule has 0 spiro atoms. The molecule has 6 nitrogen and oxygen atoms in total. The zero-order valence-electron chi connectivity index (χ0n) is 16.4. The molecule has 1 aliphatic carbocycles. The van der Waals surface area contributed by atoms with Crippen molar-refractivity contribution in [1.29, 1.82) is 0 Å². The Morgan fingerprint density at radius 2 is 2.14 bits per heavy atom. The molecule has 3 aromatic rings. The number of likely N-dealkylation sites (tertiary alicyclic amines) is 1. The molecule has 1 amide bonds. The highest BCUT2D eigenvalue weighted by Crippen LogP contribution is 2.32. The number of aryl methyl sites for hydroxylation is 2. The second-order valence-corrected chi connectivity index (χ2v) is 8.61. The average molecular weight is 410 g/mol. The number of nitrogens with zero attached hydrogens (tertiary/aromatic N) is 4. The second-order valence-electron chi connectivity index (χ2n) is 8.20. The summed E-state index contributed by atoms with van der Waals surface area (Å²) >= 11 is 6.58. The number of hydrogen-bond donors (Lipinski definition) is 1. The Balaban J connectivity index is 1.27. The second kappa shape index (κ2) is 7.34. The van der Waals surface area contributed by atoms with Gasteiger partial charge >= 0.3 is 0 Å². The zero-order chi connectivity index (χ0) is 20.0. The van der Waals surface area contributed by atoms with E-state index < -0.39 is 0 Å². The van der Waals surface area contributed by atoms with Crippen LogP contribution in [-0.2, 0) is 31.1 Å². The van der Waals surface area contributed by atoms with Crippen LogP contribution in [0.5, 0.6) is 0 Å². The molecule has 2 aliphatic rings. The van der Waals surface area contributed by atoms with E-state index >= 15 is 0 Å². The summed E-state index contributed by atoms with van der Waals surface area (Å²) in [5.74, 6) is 0.289. The number of aromatic amines is 1. The molecular formula is C22H24ClN5O. The SMILES string of the molecule is Cn1cc(-c2ccc(CC3CCN(C4CCc5[nH]ncc5C4)C3=O)c(Cl)c2)cn1. The first-order valence-electron chi connectivity index (χ1n) is 10.2. The van der Waals surface area contributed by atoms with Crippen molar-refractivity contribution in [3.8, 4) is 11.1 Å². The van der Waals surface area contributed by atoms with Crippen LogP contribution in [0.4, 0.5) is 0 Å². The molecule has 29 heavy (non-hydrogen) atoms. The minimum Gasteiger partial charge on any atom is -0.339 e. The van der Waals surface area contributed by atoms with Gasteiger partial charge in [0.25, 0.3) is 0 Å². The summed E-state index contributed by atoms with van der Waals surface area (Å²) in [7, 11) is 1.90. The predicted molar refractivity (Wildman–Crippen MR) is 112 cm³/mol. The van der Waals surface area contributed by atoms with Crippen LogP contribution in [-0.4, -0.2) is 43.4 Å². The van der Waals surface area contributed by atoms with Gasteiger partial charge in [-0.05, 0) is 54.9 Å². The third-order valence-electron chi connectivity index (χ3n) is 6.34. The van der Waals surface area contributed by atoms with Crippen LogP contribution in [0.2, 0.25) is 5.02 Å². The molecular weight excluding hydrogens is 386 g/mol. The predicted octanol–water partition coefficient (Wildman–Crippen LogP) is 3.41. The van der Waals surface area contributed by atoms with Crippen LogP contribution in [0.3, 0.4) is 0 Å². The fourth-order valence-electron chi connectivity index (χ4n) is 4.71. The maximum Gasteiger partial charge on any atom is 0.226 e. The van der Waals surface area contributed by atoms with E-state index in [4.69, 9.17) is 11.6 Å². The summed E-state index contributed by atoms with van der Waals surface area (Å²) in [4.78, 5) is 15.2. The number of carbonyl (C=O) groups is 1. The summed E-state index contributed by atoms with van der Waals surface area (Å²) in [6.07, 6.45) is 10.2. The van der Waals surface area contributed by atoms with E-state index in [9.17, 15) is 4.79 Å². The van der Waals surface area contributed by atoms with E-state index in [2.05, 4.69) is 32.3 Å². The Bertz CT molecular complexity index is 1060. The molecule has 3 heterocycles. The van der Waals surface area contributed by atoms with E-state index in [0.29, 0.717) is 12.5 Å². The quantitative estimate of drug-likeness (QED) is 0.718. The van der Waals surface area contributed by atoms with Crippen molar-refractivity contribution < 1.29 is 4.79 Å². The largest absolute Gasteiger partial charge is 0.339 e. The van der Waals surface area contributed by atoms with Gasteiger partial charge in [0.1, 0.15) is 0 Å². The highest BCUT2D eigenvalue weighted by atomic mass is 35.5. The van der Waals surface area contributed by atoms with Gasteiger partial charge in [-0.25, -0.2) is 0 Å². The number of hydrogen-bond acceptors (Lipinski definition) is 3. The number of H-pyrrole nitrogens is 1. The number of carbonyl (C=O) groups excluding carboxylic acids is 1. The number of halogens is 1. The average Bonchev–Trinajstić information content (AvgIpc) is 3.43. The zero-order valence-corrected chi connectivity index (χ0v) is 17.2. The summed E-state index contributed by atoms with van der Waals surface area (Å²) < 4.78 is 1.78. The lowest BCUT2D eigenvalue weighted by Crippen LogP contribution is -2.41. The van der Waals surface area contributed by atoms with Gasteiger partial charge in [-0.3, -0.25) is 14.6 Å². The molecule has 0 saturated carbocycles. The molecule has 5 rings (SSSR count). The molecule has 0 bridgehead atoms. The molecule has 2 atom stereocenters. The van der Waals surface area contributed by atoms with Gasteiger partial charge in [-0.2, -0.15) is 10.2 Å². The van der Waals surface area contributed by atoms with Gasteiger partial charge in [-0.1, -0.05) is 23.7 Å². The van der Waals surface area contributed by atoms with Crippen molar-refractivity contribution in [2.45, 2.75) is 38.1 Å². The molecule has 1 aromatic carbocycles. The van der Waals surface area contributed by atoms with Crippen LogP contribution < -0.4 is 0 Å². The molecule has 2 unspecified atom stereocenters. The Labute approximate surface area is 174 Å². The van der Waals surface area contributed by atoms with Crippen LogP contribution in [0.15, 0.2) is 36.8 Å². The van der Waals surface area contributed by atoms with Crippen LogP contribution in [0.1, 0.15) is 29.7 Å². The van der Waals surface area contributed by atoms with Crippen molar-refractivity contribution in [1.82, 2.24) is 24.9 Å². The van der Waals surface area contributed by atoms with E-state index in [0.717, 1.165) is 53.9 Å². The number of nitrogens with one attached hydrogen (secondary N) is 1. The van der Waals surface area contributed by atoms with Gasteiger partial charge in [0.05, 0.1) is 12.4 Å². The summed E-state index contributed by atoms with van der Waals surface area (Å²) in [5, 5.41) is 12.2. The van der Waals surface area contributed by atoms with Crippen LogP contribution in [0, 0.1) is 5.92 Å². The number of aromatic nitrogens is 4. The van der Waals surface area contributed by atoms with Crippen molar-refractivity contribution in [3.63, 3.8) is 0 Å². The lowest BCUT2D eigenvalue weighted by Gasteiger charge is -2.31. The van der Waals surface area contributed by atoms with Crippen LogP contribution >= 0.6 is 11.6 Å². The molecule has 1 aliphatic heterocycles. The minimum absolute atomic E-state index is 0.0162. The first-order chi connectivity index (χ1) is 14.1. The molecule has 0 radical (unpaired) electrons. The lowest BCUT2D eigenvalue weighted by atomic mass is 9.92. The highest BCUT2D eigenvalue weighted by molar-refractivity contribution is 6.31. The Kier molecular flexibility index (Phi) is 4.66. The Morgan fingerprint density at radius 3 is 2.93 bits per heavy atom. The van der Waals surface area contributed by atoms with E-state index in [1.165, 1.54) is 11.3 Å². The number of fused-ring (bicyclic) bond motifs is 1. The first kappa shape index (κ1) is 18.4. The fourth-order valence-corrected chi connectivity index (χ4v) is 4.96. The van der Waals surface area contributed by atoms with Gasteiger partial charge < -0.3 is 4.90 Å². The van der Waals surface area contributed by atoms with Gasteiger partial charge in [0.2, 0.25) is 5.91 Å².